The van der Waals surface area contributed by atoms with E-state index in [4.69, 9.17) is 25.8 Å². The first kappa shape index (κ1) is 38.3. The van der Waals surface area contributed by atoms with Crippen molar-refractivity contribution in [1.29, 1.82) is 0 Å². The number of nitrogens with zero attached hydrogens (tertiary/aromatic N) is 3. The van der Waals surface area contributed by atoms with Crippen LogP contribution >= 0.6 is 23.4 Å². The number of thioether (sulfide) groups is 1. The quantitative estimate of drug-likeness (QED) is 0.0464. The first-order valence-corrected chi connectivity index (χ1v) is 17.0. The summed E-state index contributed by atoms with van der Waals surface area (Å²) in [5, 5.41) is 26.3. The number of ether oxygens (including phenoxy) is 4. The number of rotatable bonds is 13. The Labute approximate surface area is 309 Å². The topological polar surface area (TPSA) is 236 Å². The van der Waals surface area contributed by atoms with Crippen LogP contribution in [0.1, 0.15) is 36.6 Å². The lowest BCUT2D eigenvalue weighted by Gasteiger charge is -2.44. The van der Waals surface area contributed by atoms with Crippen LogP contribution in [0.25, 0.3) is 0 Å². The molecule has 53 heavy (non-hydrogen) atoms. The van der Waals surface area contributed by atoms with Crippen LogP contribution in [0.15, 0.2) is 72.8 Å². The van der Waals surface area contributed by atoms with Gasteiger partial charge in [0.15, 0.2) is 6.07 Å². The smallest absolute Gasteiger partial charge is 0.459 e. The maximum atomic E-state index is 13.8. The number of amides is 3. The fourth-order valence-electron chi connectivity index (χ4n) is 5.53. The molecule has 0 saturated carbocycles. The molecule has 3 aromatic rings. The number of non-ortho nitro benzene ring substituents is 2. The van der Waals surface area contributed by atoms with Crippen LogP contribution in [0, 0.1) is 20.2 Å². The Bertz CT molecular complexity index is 1910. The van der Waals surface area contributed by atoms with E-state index in [2.05, 4.69) is 15.4 Å². The first-order valence-electron chi connectivity index (χ1n) is 15.6. The molecule has 2 heterocycles. The SMILES string of the molecule is CC1(C)S[C@@H]2[C@H](NC(=O)C(NC(=O)OCc3ccc([N+](=O)[O-])cc3)c3ccc(OC(=O)OCCl)cc3)C(=O)N2[C@H]1C(=O)OCc1ccc([N+](=O)[O-])cc1. The van der Waals surface area contributed by atoms with Crippen LogP contribution in [0.2, 0.25) is 0 Å². The molecular weight excluding hydrogens is 742 g/mol. The molecule has 4 atom stereocenters. The van der Waals surface area contributed by atoms with Gasteiger partial charge in [-0.25, -0.2) is 14.4 Å². The van der Waals surface area contributed by atoms with E-state index in [1.807, 2.05) is 0 Å². The van der Waals surface area contributed by atoms with Gasteiger partial charge in [-0.3, -0.25) is 29.8 Å². The zero-order chi connectivity index (χ0) is 38.4. The molecular formula is C33H30ClN5O13S. The zero-order valence-electron chi connectivity index (χ0n) is 27.8. The number of nitro benzene ring substituents is 2. The highest BCUT2D eigenvalue weighted by molar-refractivity contribution is 8.01. The third-order valence-electron chi connectivity index (χ3n) is 8.12. The summed E-state index contributed by atoms with van der Waals surface area (Å²) in [5.74, 6) is -2.05. The fourth-order valence-corrected chi connectivity index (χ4v) is 7.24. The average Bonchev–Trinajstić information content (AvgIpc) is 3.39. The molecule has 1 unspecified atom stereocenters. The monoisotopic (exact) mass is 771 g/mol. The van der Waals surface area contributed by atoms with Crippen molar-refractivity contribution in [1.82, 2.24) is 15.5 Å². The van der Waals surface area contributed by atoms with Gasteiger partial charge in [0.05, 0.1) is 9.85 Å². The van der Waals surface area contributed by atoms with E-state index in [1.54, 1.807) is 13.8 Å². The number of carbonyl (C=O) groups is 5. The van der Waals surface area contributed by atoms with Crippen molar-refractivity contribution >= 4 is 64.8 Å². The lowest BCUT2D eigenvalue weighted by molar-refractivity contribution is -0.385. The number of alkyl halides is 1. The Hall–Kier alpha value is -5.95. The molecule has 2 fully saturated rings. The Morgan fingerprint density at radius 2 is 1.42 bits per heavy atom. The summed E-state index contributed by atoms with van der Waals surface area (Å²) in [6, 6.07) is 12.2. The fraction of sp³-hybridized carbons (Fsp3) is 0.303. The van der Waals surface area contributed by atoms with E-state index in [1.165, 1.54) is 89.5 Å². The molecule has 0 aliphatic carbocycles. The van der Waals surface area contributed by atoms with Crippen molar-refractivity contribution in [2.24, 2.45) is 0 Å². The molecule has 0 aromatic heterocycles. The molecule has 18 nitrogen and oxygen atoms in total. The number of nitro groups is 2. The summed E-state index contributed by atoms with van der Waals surface area (Å²) in [6.07, 6.45) is -2.11. The number of carbonyl (C=O) groups excluding carboxylic acids is 5. The number of fused-ring (bicyclic) bond motifs is 1. The second-order valence-corrected chi connectivity index (χ2v) is 14.0. The lowest BCUT2D eigenvalue weighted by atomic mass is 9.95. The number of halogens is 1. The van der Waals surface area contributed by atoms with Gasteiger partial charge in [0.25, 0.3) is 11.4 Å². The van der Waals surface area contributed by atoms with Crippen molar-refractivity contribution < 1.29 is 52.8 Å². The molecule has 20 heteroatoms. The summed E-state index contributed by atoms with van der Waals surface area (Å²) < 4.78 is 19.4. The van der Waals surface area contributed by atoms with Gasteiger partial charge in [0.2, 0.25) is 11.8 Å². The second kappa shape index (κ2) is 16.2. The Morgan fingerprint density at radius 3 is 1.94 bits per heavy atom. The Kier molecular flexibility index (Phi) is 11.7. The van der Waals surface area contributed by atoms with Crippen molar-refractivity contribution in [3.05, 3.63) is 110 Å². The molecule has 0 bridgehead atoms. The predicted molar refractivity (Wildman–Crippen MR) is 184 cm³/mol. The van der Waals surface area contributed by atoms with E-state index in [-0.39, 0.29) is 35.9 Å². The lowest BCUT2D eigenvalue weighted by Crippen LogP contribution is -2.71. The average molecular weight is 772 g/mol. The van der Waals surface area contributed by atoms with Crippen molar-refractivity contribution in [2.75, 3.05) is 6.07 Å². The Balaban J connectivity index is 1.26. The highest BCUT2D eigenvalue weighted by atomic mass is 35.5. The summed E-state index contributed by atoms with van der Waals surface area (Å²) in [4.78, 5) is 87.1. The van der Waals surface area contributed by atoms with Crippen LogP contribution in [0.4, 0.5) is 21.0 Å². The molecule has 2 aliphatic rings. The largest absolute Gasteiger partial charge is 0.515 e. The van der Waals surface area contributed by atoms with Gasteiger partial charge in [-0.15, -0.1) is 11.8 Å². The molecule has 3 aromatic carbocycles. The number of nitrogens with one attached hydrogen (secondary N) is 2. The molecule has 2 saturated heterocycles. The van der Waals surface area contributed by atoms with Crippen LogP contribution in [0.5, 0.6) is 5.75 Å². The summed E-state index contributed by atoms with van der Waals surface area (Å²) in [7, 11) is 0. The van der Waals surface area contributed by atoms with Crippen molar-refractivity contribution in [3.8, 4) is 5.75 Å². The van der Waals surface area contributed by atoms with Crippen LogP contribution in [-0.4, -0.2) is 73.0 Å². The van der Waals surface area contributed by atoms with Gasteiger partial charge in [-0.05, 0) is 66.9 Å². The number of alkyl carbamates (subject to hydrolysis) is 1. The predicted octanol–water partition coefficient (Wildman–Crippen LogP) is 4.47. The maximum absolute atomic E-state index is 13.8. The minimum Gasteiger partial charge on any atom is -0.459 e. The number of hydrogen-bond acceptors (Lipinski definition) is 14. The normalized spacial score (nSPS) is 18.7. The number of esters is 1. The number of β-lactam (4-membered cyclic amide) rings is 1. The van der Waals surface area contributed by atoms with E-state index < -0.39 is 74.2 Å². The third kappa shape index (κ3) is 8.93. The standard InChI is InChI=1S/C33H30ClN5O13S/c1-33(2)26(30(42)49-15-18-3-9-21(10-4-18)38(45)46)37-28(41)25(29(37)53-33)35-27(40)24(20-7-13-23(14-8-20)52-32(44)51-17-34)36-31(43)50-16-19-5-11-22(12-6-19)39(47)48/h3-14,24-26,29H,15-17H2,1-2H3,(H,35,40)(H,36,43)/t24?,25-,26+,29-/m1/s1. The summed E-state index contributed by atoms with van der Waals surface area (Å²) in [5.41, 5.74) is 0.852. The summed E-state index contributed by atoms with van der Waals surface area (Å²) >= 11 is 6.64. The van der Waals surface area contributed by atoms with E-state index in [9.17, 15) is 44.2 Å². The minimum atomic E-state index is -1.44. The molecule has 5 rings (SSSR count). The molecule has 3 amide bonds. The van der Waals surface area contributed by atoms with Crippen LogP contribution < -0.4 is 15.4 Å². The number of hydrogen-bond donors (Lipinski definition) is 2. The van der Waals surface area contributed by atoms with Gasteiger partial charge in [0, 0.05) is 29.0 Å². The van der Waals surface area contributed by atoms with Gasteiger partial charge >= 0.3 is 18.2 Å². The molecule has 0 radical (unpaired) electrons. The molecule has 278 valence electrons. The highest BCUT2D eigenvalue weighted by Gasteiger charge is 2.64. The highest BCUT2D eigenvalue weighted by Crippen LogP contribution is 2.51. The zero-order valence-corrected chi connectivity index (χ0v) is 29.4. The van der Waals surface area contributed by atoms with Crippen molar-refractivity contribution in [2.45, 2.75) is 55.3 Å². The third-order valence-corrected chi connectivity index (χ3v) is 9.80. The van der Waals surface area contributed by atoms with Crippen LogP contribution in [0.3, 0.4) is 0 Å². The first-order chi connectivity index (χ1) is 25.2. The van der Waals surface area contributed by atoms with Gasteiger partial charge in [-0.2, -0.15) is 0 Å². The van der Waals surface area contributed by atoms with E-state index >= 15 is 0 Å². The molecule has 2 aliphatic heterocycles. The van der Waals surface area contributed by atoms with Crippen molar-refractivity contribution in [3.63, 3.8) is 0 Å². The van der Waals surface area contributed by atoms with Gasteiger partial charge < -0.3 is 34.5 Å². The van der Waals surface area contributed by atoms with E-state index in [0.29, 0.717) is 11.1 Å². The van der Waals surface area contributed by atoms with Gasteiger partial charge in [-0.1, -0.05) is 23.7 Å². The van der Waals surface area contributed by atoms with E-state index in [0.717, 1.165) is 0 Å². The minimum absolute atomic E-state index is 0.0321. The summed E-state index contributed by atoms with van der Waals surface area (Å²) in [6.45, 7) is 3.01. The Morgan fingerprint density at radius 1 is 0.868 bits per heavy atom. The van der Waals surface area contributed by atoms with Crippen LogP contribution in [-0.2, 0) is 41.8 Å². The maximum Gasteiger partial charge on any atom is 0.515 e. The van der Waals surface area contributed by atoms with Gasteiger partial charge in [0.1, 0.15) is 42.5 Å². The molecule has 0 spiro atoms. The molecule has 2 N–H and O–H groups in total. The number of benzene rings is 3. The second-order valence-electron chi connectivity index (χ2n) is 12.0.